The van der Waals surface area contributed by atoms with Crippen molar-refractivity contribution >= 4 is 17.7 Å². The fraction of sp³-hybridized carbons (Fsp3) is 0.429. The maximum absolute atomic E-state index is 12.0. The highest BCUT2D eigenvalue weighted by Crippen LogP contribution is 2.19. The van der Waals surface area contributed by atoms with E-state index in [-0.39, 0.29) is 11.6 Å². The third-order valence-corrected chi connectivity index (χ3v) is 2.97. The number of nitrogens with one attached hydrogen (secondary N) is 1. The first kappa shape index (κ1) is 15.0. The van der Waals surface area contributed by atoms with Crippen LogP contribution in [0.1, 0.15) is 36.2 Å². The fourth-order valence-corrected chi connectivity index (χ4v) is 1.87. The number of rotatable bonds is 5. The van der Waals surface area contributed by atoms with Gasteiger partial charge in [-0.3, -0.25) is 0 Å². The topological polar surface area (TPSA) is 69.6 Å². The minimum absolute atomic E-state index is 0.199. The lowest BCUT2D eigenvalue weighted by Crippen LogP contribution is -2.35. The third kappa shape index (κ3) is 3.71. The molecule has 0 saturated carbocycles. The van der Waals surface area contributed by atoms with E-state index in [9.17, 15) is 9.59 Å². The highest BCUT2D eigenvalue weighted by Gasteiger charge is 2.14. The van der Waals surface area contributed by atoms with Crippen LogP contribution in [0.2, 0.25) is 0 Å². The van der Waals surface area contributed by atoms with Gasteiger partial charge in [0.25, 0.3) is 0 Å². The van der Waals surface area contributed by atoms with Crippen LogP contribution in [-0.4, -0.2) is 35.1 Å². The summed E-state index contributed by atoms with van der Waals surface area (Å²) in [5, 5.41) is 11.8. The first-order chi connectivity index (χ1) is 9.01. The standard InChI is InChI=1S/C14H20N2O3/c1-4-9-16(5-2)14(19)15-12-8-6-7-11(10(12)3)13(17)18/h6-8H,4-5,9H2,1-3H3,(H,15,19)(H,17,18). The van der Waals surface area contributed by atoms with E-state index in [0.29, 0.717) is 24.3 Å². The predicted molar refractivity (Wildman–Crippen MR) is 74.7 cm³/mol. The van der Waals surface area contributed by atoms with Crippen molar-refractivity contribution in [2.24, 2.45) is 0 Å². The van der Waals surface area contributed by atoms with Crippen molar-refractivity contribution in [1.82, 2.24) is 4.90 Å². The van der Waals surface area contributed by atoms with E-state index in [0.717, 1.165) is 6.42 Å². The molecule has 0 heterocycles. The molecule has 0 atom stereocenters. The number of benzene rings is 1. The summed E-state index contributed by atoms with van der Waals surface area (Å²) in [4.78, 5) is 24.8. The zero-order chi connectivity index (χ0) is 14.4. The summed E-state index contributed by atoms with van der Waals surface area (Å²) in [6.07, 6.45) is 0.884. The molecule has 2 N–H and O–H groups in total. The van der Waals surface area contributed by atoms with E-state index in [1.807, 2.05) is 13.8 Å². The number of carboxylic acids is 1. The number of urea groups is 1. The minimum Gasteiger partial charge on any atom is -0.478 e. The van der Waals surface area contributed by atoms with Gasteiger partial charge in [0, 0.05) is 18.8 Å². The summed E-state index contributed by atoms with van der Waals surface area (Å²) in [5.41, 5.74) is 1.31. The smallest absolute Gasteiger partial charge is 0.336 e. The van der Waals surface area contributed by atoms with Crippen molar-refractivity contribution < 1.29 is 14.7 Å². The summed E-state index contributed by atoms with van der Waals surface area (Å²) in [6, 6.07) is 4.66. The molecule has 0 fully saturated rings. The molecule has 1 aromatic rings. The predicted octanol–water partition coefficient (Wildman–Crippen LogP) is 2.96. The normalized spacial score (nSPS) is 10.1. The van der Waals surface area contributed by atoms with Gasteiger partial charge in [0.2, 0.25) is 0 Å². The first-order valence-corrected chi connectivity index (χ1v) is 6.40. The molecule has 104 valence electrons. The van der Waals surface area contributed by atoms with Gasteiger partial charge >= 0.3 is 12.0 Å². The number of amides is 2. The van der Waals surface area contributed by atoms with Gasteiger partial charge in [-0.1, -0.05) is 13.0 Å². The molecule has 1 aromatic carbocycles. The molecule has 0 bridgehead atoms. The number of hydrogen-bond acceptors (Lipinski definition) is 2. The van der Waals surface area contributed by atoms with Crippen LogP contribution in [-0.2, 0) is 0 Å². The third-order valence-electron chi connectivity index (χ3n) is 2.97. The van der Waals surface area contributed by atoms with Crippen molar-refractivity contribution in [3.05, 3.63) is 29.3 Å². The molecule has 0 aliphatic heterocycles. The van der Waals surface area contributed by atoms with Gasteiger partial charge in [0.05, 0.1) is 5.56 Å². The van der Waals surface area contributed by atoms with E-state index < -0.39 is 5.97 Å². The average molecular weight is 264 g/mol. The number of carbonyl (C=O) groups excluding carboxylic acids is 1. The molecule has 5 heteroatoms. The zero-order valence-corrected chi connectivity index (χ0v) is 11.6. The monoisotopic (exact) mass is 264 g/mol. The van der Waals surface area contributed by atoms with Gasteiger partial charge in [-0.25, -0.2) is 9.59 Å². The van der Waals surface area contributed by atoms with Gasteiger partial charge in [0.15, 0.2) is 0 Å². The van der Waals surface area contributed by atoms with Crippen LogP contribution in [0.15, 0.2) is 18.2 Å². The Balaban J connectivity index is 2.90. The maximum Gasteiger partial charge on any atom is 0.336 e. The molecule has 0 saturated heterocycles. The molecular formula is C14H20N2O3. The Kier molecular flexibility index (Phi) is 5.36. The molecule has 5 nitrogen and oxygen atoms in total. The summed E-state index contributed by atoms with van der Waals surface area (Å²) >= 11 is 0. The molecule has 0 radical (unpaired) electrons. The van der Waals surface area contributed by atoms with Gasteiger partial charge < -0.3 is 15.3 Å². The first-order valence-electron chi connectivity index (χ1n) is 6.40. The Hall–Kier alpha value is -2.04. The Morgan fingerprint density at radius 1 is 1.32 bits per heavy atom. The van der Waals surface area contributed by atoms with Gasteiger partial charge in [-0.15, -0.1) is 0 Å². The molecule has 0 aliphatic carbocycles. The van der Waals surface area contributed by atoms with Crippen molar-refractivity contribution in [3.63, 3.8) is 0 Å². The number of nitrogens with zero attached hydrogens (tertiary/aromatic N) is 1. The van der Waals surface area contributed by atoms with Crippen molar-refractivity contribution in [3.8, 4) is 0 Å². The van der Waals surface area contributed by atoms with Crippen LogP contribution in [0.25, 0.3) is 0 Å². The van der Waals surface area contributed by atoms with Crippen LogP contribution < -0.4 is 5.32 Å². The van der Waals surface area contributed by atoms with Gasteiger partial charge in [-0.05, 0) is 38.0 Å². The van der Waals surface area contributed by atoms with E-state index in [1.165, 1.54) is 6.07 Å². The van der Waals surface area contributed by atoms with Crippen LogP contribution >= 0.6 is 0 Å². The SMILES string of the molecule is CCCN(CC)C(=O)Nc1cccc(C(=O)O)c1C. The van der Waals surface area contributed by atoms with Gasteiger partial charge in [0.1, 0.15) is 0 Å². The lowest BCUT2D eigenvalue weighted by molar-refractivity contribution is 0.0696. The van der Waals surface area contributed by atoms with Crippen LogP contribution in [0.4, 0.5) is 10.5 Å². The summed E-state index contributed by atoms with van der Waals surface area (Å²) in [5.74, 6) is -0.991. The highest BCUT2D eigenvalue weighted by atomic mass is 16.4. The molecule has 1 rings (SSSR count). The van der Waals surface area contributed by atoms with Crippen molar-refractivity contribution in [1.29, 1.82) is 0 Å². The lowest BCUT2D eigenvalue weighted by Gasteiger charge is -2.21. The molecule has 0 aliphatic rings. The fourth-order valence-electron chi connectivity index (χ4n) is 1.87. The van der Waals surface area contributed by atoms with E-state index >= 15 is 0 Å². The highest BCUT2D eigenvalue weighted by molar-refractivity contribution is 5.95. The summed E-state index contributed by atoms with van der Waals surface area (Å²) < 4.78 is 0. The number of carboxylic acid groups (broad SMARTS) is 1. The molecule has 0 unspecified atom stereocenters. The zero-order valence-electron chi connectivity index (χ0n) is 11.6. The maximum atomic E-state index is 12.0. The van der Waals surface area contributed by atoms with Gasteiger partial charge in [-0.2, -0.15) is 0 Å². The Morgan fingerprint density at radius 2 is 2.00 bits per heavy atom. The second-order valence-corrected chi connectivity index (χ2v) is 4.29. The minimum atomic E-state index is -0.991. The summed E-state index contributed by atoms with van der Waals surface area (Å²) in [6.45, 7) is 6.91. The molecule has 19 heavy (non-hydrogen) atoms. The second kappa shape index (κ2) is 6.78. The largest absolute Gasteiger partial charge is 0.478 e. The number of hydrogen-bond donors (Lipinski definition) is 2. The Labute approximate surface area is 113 Å². The van der Waals surface area contributed by atoms with Crippen LogP contribution in [0.5, 0.6) is 0 Å². The Morgan fingerprint density at radius 3 is 2.53 bits per heavy atom. The average Bonchev–Trinajstić information content (AvgIpc) is 2.37. The van der Waals surface area contributed by atoms with E-state index in [1.54, 1.807) is 24.0 Å². The van der Waals surface area contributed by atoms with E-state index in [4.69, 9.17) is 5.11 Å². The summed E-state index contributed by atoms with van der Waals surface area (Å²) in [7, 11) is 0. The number of aromatic carboxylic acids is 1. The quantitative estimate of drug-likeness (QED) is 0.859. The lowest BCUT2D eigenvalue weighted by atomic mass is 10.1. The van der Waals surface area contributed by atoms with E-state index in [2.05, 4.69) is 5.32 Å². The number of anilines is 1. The van der Waals surface area contributed by atoms with Crippen LogP contribution in [0, 0.1) is 6.92 Å². The molecule has 0 aromatic heterocycles. The van der Waals surface area contributed by atoms with Crippen molar-refractivity contribution in [2.75, 3.05) is 18.4 Å². The molecule has 0 spiro atoms. The van der Waals surface area contributed by atoms with Crippen molar-refractivity contribution in [2.45, 2.75) is 27.2 Å². The number of carbonyl (C=O) groups is 2. The second-order valence-electron chi connectivity index (χ2n) is 4.29. The Bertz CT molecular complexity index is 472. The van der Waals surface area contributed by atoms with Crippen LogP contribution in [0.3, 0.4) is 0 Å². The molecule has 2 amide bonds. The molecular weight excluding hydrogens is 244 g/mol.